The minimum absolute atomic E-state index is 0.273. The first-order chi connectivity index (χ1) is 12.1. The van der Waals surface area contributed by atoms with Gasteiger partial charge in [-0.05, 0) is 24.9 Å². The average molecular weight is 392 g/mol. The van der Waals surface area contributed by atoms with Crippen molar-refractivity contribution in [1.82, 2.24) is 10.6 Å². The fourth-order valence-corrected chi connectivity index (χ4v) is 2.35. The van der Waals surface area contributed by atoms with Gasteiger partial charge in [-0.2, -0.15) is 11.8 Å². The molecular weight excluding hydrogens is 368 g/mol. The molecule has 3 amide bonds. The van der Waals surface area contributed by atoms with Gasteiger partial charge in [-0.25, -0.2) is 4.79 Å². The Bertz CT molecular complexity index is 543. The van der Waals surface area contributed by atoms with E-state index in [2.05, 4.69) is 10.6 Å². The lowest BCUT2D eigenvalue weighted by Crippen LogP contribution is -2.55. The van der Waals surface area contributed by atoms with E-state index < -0.39 is 60.6 Å². The van der Waals surface area contributed by atoms with Crippen LogP contribution >= 0.6 is 11.8 Å². The molecule has 3 unspecified atom stereocenters. The van der Waals surface area contributed by atoms with Crippen LogP contribution in [0, 0.1) is 0 Å². The quantitative estimate of drug-likeness (QED) is 0.202. The van der Waals surface area contributed by atoms with Gasteiger partial charge in [-0.3, -0.25) is 19.2 Å². The lowest BCUT2D eigenvalue weighted by molar-refractivity contribution is -0.144. The number of hydrogen-bond acceptors (Lipinski definition) is 7. The van der Waals surface area contributed by atoms with Crippen molar-refractivity contribution in [2.45, 2.75) is 43.8 Å². The van der Waals surface area contributed by atoms with Gasteiger partial charge in [0.1, 0.15) is 12.1 Å². The summed E-state index contributed by atoms with van der Waals surface area (Å²) in [7, 11) is 0. The second kappa shape index (κ2) is 12.1. The highest BCUT2D eigenvalue weighted by atomic mass is 32.2. The van der Waals surface area contributed by atoms with Crippen molar-refractivity contribution in [3.8, 4) is 0 Å². The molecule has 0 rings (SSSR count). The van der Waals surface area contributed by atoms with Crippen LogP contribution in [0.2, 0.25) is 0 Å². The van der Waals surface area contributed by atoms with E-state index in [0.29, 0.717) is 12.2 Å². The largest absolute Gasteiger partial charge is 0.481 e. The number of primary amides is 1. The number of hydrogen-bond donors (Lipinski definition) is 6. The van der Waals surface area contributed by atoms with Crippen LogP contribution in [-0.2, 0) is 24.0 Å². The number of thioether (sulfide) groups is 1. The number of aliphatic carboxylic acids is 2. The van der Waals surface area contributed by atoms with E-state index in [1.807, 2.05) is 6.26 Å². The summed E-state index contributed by atoms with van der Waals surface area (Å²) in [5.74, 6) is -4.62. The number of carboxylic acids is 2. The third-order valence-corrected chi connectivity index (χ3v) is 3.91. The molecule has 8 N–H and O–H groups in total. The highest BCUT2D eigenvalue weighted by Gasteiger charge is 2.29. The van der Waals surface area contributed by atoms with E-state index in [1.54, 1.807) is 0 Å². The highest BCUT2D eigenvalue weighted by Crippen LogP contribution is 2.04. The van der Waals surface area contributed by atoms with Gasteiger partial charge in [0.05, 0.1) is 12.5 Å². The molecule has 12 heteroatoms. The highest BCUT2D eigenvalue weighted by molar-refractivity contribution is 7.98. The summed E-state index contributed by atoms with van der Waals surface area (Å²) in [6.07, 6.45) is 0.823. The molecule has 0 aromatic carbocycles. The molecule has 0 aromatic heterocycles. The Balaban J connectivity index is 5.05. The molecule has 0 aromatic rings. The summed E-state index contributed by atoms with van der Waals surface area (Å²) >= 11 is 1.48. The molecule has 0 saturated carbocycles. The molecular formula is C14H24N4O7S. The van der Waals surface area contributed by atoms with E-state index in [0.717, 1.165) is 0 Å². The van der Waals surface area contributed by atoms with Crippen LogP contribution in [0.5, 0.6) is 0 Å². The molecule has 0 bridgehead atoms. The molecule has 11 nitrogen and oxygen atoms in total. The van der Waals surface area contributed by atoms with Crippen LogP contribution in [-0.4, -0.2) is 70.0 Å². The number of amides is 3. The van der Waals surface area contributed by atoms with E-state index in [-0.39, 0.29) is 6.42 Å². The molecule has 0 fully saturated rings. The van der Waals surface area contributed by atoms with Crippen LogP contribution in [0.25, 0.3) is 0 Å². The molecule has 0 saturated heterocycles. The lowest BCUT2D eigenvalue weighted by atomic mass is 10.1. The van der Waals surface area contributed by atoms with Gasteiger partial charge < -0.3 is 32.3 Å². The van der Waals surface area contributed by atoms with Gasteiger partial charge in [-0.15, -0.1) is 0 Å². The van der Waals surface area contributed by atoms with Crippen molar-refractivity contribution in [1.29, 1.82) is 0 Å². The summed E-state index contributed by atoms with van der Waals surface area (Å²) in [6.45, 7) is 0. The Kier molecular flexibility index (Phi) is 11.0. The standard InChI is InChI=1S/C14H24N4O7S/c1-26-5-4-7(15)12(22)17-8(2-3-11(20)21)13(23)18-9(14(24)25)6-10(16)19/h7-9H,2-6,15H2,1H3,(H2,16,19)(H,17,22)(H,18,23)(H,20,21)(H,24,25). The van der Waals surface area contributed by atoms with Gasteiger partial charge in [-0.1, -0.05) is 0 Å². The normalized spacial score (nSPS) is 13.9. The number of rotatable bonds is 13. The maximum absolute atomic E-state index is 12.2. The van der Waals surface area contributed by atoms with Gasteiger partial charge in [0.25, 0.3) is 0 Å². The molecule has 3 atom stereocenters. The third-order valence-electron chi connectivity index (χ3n) is 3.27. The molecule has 0 aliphatic heterocycles. The van der Waals surface area contributed by atoms with Crippen LogP contribution < -0.4 is 22.1 Å². The Morgan fingerprint density at radius 1 is 1.00 bits per heavy atom. The van der Waals surface area contributed by atoms with Crippen LogP contribution in [0.1, 0.15) is 25.7 Å². The zero-order valence-electron chi connectivity index (χ0n) is 14.3. The van der Waals surface area contributed by atoms with Crippen molar-refractivity contribution >= 4 is 41.4 Å². The topological polar surface area (TPSA) is 202 Å². The SMILES string of the molecule is CSCCC(N)C(=O)NC(CCC(=O)O)C(=O)NC(CC(N)=O)C(=O)O. The fourth-order valence-electron chi connectivity index (χ4n) is 1.86. The summed E-state index contributed by atoms with van der Waals surface area (Å²) in [5.41, 5.74) is 10.6. The molecule has 0 aliphatic carbocycles. The van der Waals surface area contributed by atoms with E-state index in [4.69, 9.17) is 21.7 Å². The van der Waals surface area contributed by atoms with Crippen LogP contribution in [0.4, 0.5) is 0 Å². The average Bonchev–Trinajstić information content (AvgIpc) is 2.54. The molecule has 0 aliphatic rings. The van der Waals surface area contributed by atoms with E-state index in [9.17, 15) is 24.0 Å². The first-order valence-corrected chi connectivity index (χ1v) is 9.06. The first kappa shape index (κ1) is 23.7. The number of carbonyl (C=O) groups is 5. The number of nitrogens with two attached hydrogens (primary N) is 2. The second-order valence-electron chi connectivity index (χ2n) is 5.45. The smallest absolute Gasteiger partial charge is 0.326 e. The van der Waals surface area contributed by atoms with Crippen LogP contribution in [0.3, 0.4) is 0 Å². The summed E-state index contributed by atoms with van der Waals surface area (Å²) in [4.78, 5) is 57.0. The molecule has 0 radical (unpaired) electrons. The van der Waals surface area contributed by atoms with Crippen molar-refractivity contribution < 1.29 is 34.2 Å². The number of nitrogens with one attached hydrogen (secondary N) is 2. The molecule has 0 heterocycles. The van der Waals surface area contributed by atoms with Crippen LogP contribution in [0.15, 0.2) is 0 Å². The Labute approximate surface area is 154 Å². The van der Waals surface area contributed by atoms with Gasteiger partial charge in [0, 0.05) is 6.42 Å². The lowest BCUT2D eigenvalue weighted by Gasteiger charge is -2.22. The maximum atomic E-state index is 12.2. The summed E-state index contributed by atoms with van der Waals surface area (Å²) in [6, 6.07) is -3.80. The Morgan fingerprint density at radius 2 is 1.58 bits per heavy atom. The second-order valence-corrected chi connectivity index (χ2v) is 6.44. The van der Waals surface area contributed by atoms with Crippen molar-refractivity contribution in [2.75, 3.05) is 12.0 Å². The zero-order valence-corrected chi connectivity index (χ0v) is 15.1. The summed E-state index contributed by atoms with van der Waals surface area (Å²) in [5, 5.41) is 22.2. The minimum atomic E-state index is -1.59. The van der Waals surface area contributed by atoms with E-state index >= 15 is 0 Å². The van der Waals surface area contributed by atoms with Crippen molar-refractivity contribution in [3.05, 3.63) is 0 Å². The first-order valence-electron chi connectivity index (χ1n) is 7.66. The third kappa shape index (κ3) is 9.84. The Morgan fingerprint density at radius 3 is 2.04 bits per heavy atom. The van der Waals surface area contributed by atoms with E-state index in [1.165, 1.54) is 11.8 Å². The number of carbonyl (C=O) groups excluding carboxylic acids is 3. The van der Waals surface area contributed by atoms with Gasteiger partial charge in [0.15, 0.2) is 0 Å². The monoisotopic (exact) mass is 392 g/mol. The zero-order chi connectivity index (χ0) is 20.3. The molecule has 148 valence electrons. The Hall–Kier alpha value is -2.34. The maximum Gasteiger partial charge on any atom is 0.326 e. The number of carboxylic acid groups (broad SMARTS) is 2. The minimum Gasteiger partial charge on any atom is -0.481 e. The predicted molar refractivity (Wildman–Crippen MR) is 93.2 cm³/mol. The van der Waals surface area contributed by atoms with Gasteiger partial charge >= 0.3 is 11.9 Å². The molecule has 0 spiro atoms. The van der Waals surface area contributed by atoms with Gasteiger partial charge in [0.2, 0.25) is 17.7 Å². The fraction of sp³-hybridized carbons (Fsp3) is 0.643. The van der Waals surface area contributed by atoms with Crippen molar-refractivity contribution in [2.24, 2.45) is 11.5 Å². The summed E-state index contributed by atoms with van der Waals surface area (Å²) < 4.78 is 0. The molecule has 26 heavy (non-hydrogen) atoms. The predicted octanol–water partition coefficient (Wildman–Crippen LogP) is -2.14. The van der Waals surface area contributed by atoms with Crippen molar-refractivity contribution in [3.63, 3.8) is 0 Å².